The van der Waals surface area contributed by atoms with Gasteiger partial charge in [0.25, 0.3) is 5.91 Å². The predicted molar refractivity (Wildman–Crippen MR) is 83.2 cm³/mol. The van der Waals surface area contributed by atoms with Crippen LogP contribution in [0.5, 0.6) is 0 Å². The summed E-state index contributed by atoms with van der Waals surface area (Å²) in [6, 6.07) is 6.91. The van der Waals surface area contributed by atoms with Crippen molar-refractivity contribution in [3.05, 3.63) is 61.7 Å². The molecule has 2 aromatic rings. The lowest BCUT2D eigenvalue weighted by molar-refractivity contribution is 0.102. The van der Waals surface area contributed by atoms with Gasteiger partial charge in [0, 0.05) is 9.64 Å². The quantitative estimate of drug-likeness (QED) is 0.713. The lowest BCUT2D eigenvalue weighted by atomic mass is 10.1. The molecule has 0 radical (unpaired) electrons. The Morgan fingerprint density at radius 1 is 1.20 bits per heavy atom. The highest BCUT2D eigenvalue weighted by atomic mass is 127. The third-order valence-corrected chi connectivity index (χ3v) is 3.66. The first-order chi connectivity index (χ1) is 9.38. The lowest BCUT2D eigenvalue weighted by Gasteiger charge is -2.09. The molecule has 0 spiro atoms. The van der Waals surface area contributed by atoms with Crippen LogP contribution in [-0.2, 0) is 0 Å². The molecule has 0 aliphatic rings. The van der Waals surface area contributed by atoms with Crippen LogP contribution in [0.15, 0.2) is 30.3 Å². The van der Waals surface area contributed by atoms with Crippen LogP contribution < -0.4 is 5.32 Å². The van der Waals surface area contributed by atoms with Crippen LogP contribution in [0.2, 0.25) is 5.02 Å². The largest absolute Gasteiger partial charge is 0.321 e. The van der Waals surface area contributed by atoms with E-state index in [1.807, 2.05) is 0 Å². The summed E-state index contributed by atoms with van der Waals surface area (Å²) in [6.07, 6.45) is 0. The van der Waals surface area contributed by atoms with E-state index in [1.54, 1.807) is 18.2 Å². The second-order valence-electron chi connectivity index (χ2n) is 4.16. The second kappa shape index (κ2) is 6.05. The second-order valence-corrected chi connectivity index (χ2v) is 5.81. The minimum absolute atomic E-state index is 0.199. The molecule has 0 aliphatic heterocycles. The zero-order valence-electron chi connectivity index (χ0n) is 10.3. The normalized spacial score (nSPS) is 10.4. The highest BCUT2D eigenvalue weighted by Gasteiger charge is 2.15. The molecule has 20 heavy (non-hydrogen) atoms. The number of carbonyl (C=O) groups excluding carboxylic acids is 1. The smallest absolute Gasteiger partial charge is 0.258 e. The summed E-state index contributed by atoms with van der Waals surface area (Å²) >= 11 is 8.07. The van der Waals surface area contributed by atoms with Gasteiger partial charge in [-0.05, 0) is 59.3 Å². The number of hydrogen-bond donors (Lipinski definition) is 1. The molecule has 2 nitrogen and oxygen atoms in total. The van der Waals surface area contributed by atoms with Crippen molar-refractivity contribution in [2.45, 2.75) is 6.92 Å². The number of carbonyl (C=O) groups is 1. The monoisotopic (exact) mass is 407 g/mol. The predicted octanol–water partition coefficient (Wildman–Crippen LogP) is 4.78. The lowest BCUT2D eigenvalue weighted by Crippen LogP contribution is -2.14. The number of benzene rings is 2. The average molecular weight is 408 g/mol. The molecule has 0 heterocycles. The first-order valence-electron chi connectivity index (χ1n) is 5.60. The molecule has 2 rings (SSSR count). The summed E-state index contributed by atoms with van der Waals surface area (Å²) in [5.41, 5.74) is 0.349. The van der Waals surface area contributed by atoms with Gasteiger partial charge in [-0.3, -0.25) is 4.79 Å². The molecule has 0 aliphatic carbocycles. The van der Waals surface area contributed by atoms with Crippen molar-refractivity contribution in [2.24, 2.45) is 0 Å². The minimum Gasteiger partial charge on any atom is -0.321 e. The number of rotatable bonds is 2. The van der Waals surface area contributed by atoms with Gasteiger partial charge in [-0.15, -0.1) is 0 Å². The van der Waals surface area contributed by atoms with E-state index in [9.17, 15) is 13.6 Å². The third-order valence-electron chi connectivity index (χ3n) is 2.67. The van der Waals surface area contributed by atoms with Gasteiger partial charge in [-0.25, -0.2) is 8.78 Å². The van der Waals surface area contributed by atoms with E-state index in [0.717, 1.165) is 3.57 Å². The average Bonchev–Trinajstić information content (AvgIpc) is 2.37. The number of nitrogens with one attached hydrogen (secondary N) is 1. The summed E-state index contributed by atoms with van der Waals surface area (Å²) in [6.45, 7) is 1.46. The Morgan fingerprint density at radius 3 is 2.55 bits per heavy atom. The molecule has 2 aromatic carbocycles. The molecule has 0 fully saturated rings. The van der Waals surface area contributed by atoms with Gasteiger partial charge < -0.3 is 5.32 Å². The Balaban J connectivity index is 2.31. The molecule has 104 valence electrons. The Morgan fingerprint density at radius 2 is 1.90 bits per heavy atom. The summed E-state index contributed by atoms with van der Waals surface area (Å²) < 4.78 is 27.7. The summed E-state index contributed by atoms with van der Waals surface area (Å²) in [4.78, 5) is 12.0. The van der Waals surface area contributed by atoms with Crippen LogP contribution in [0.1, 0.15) is 15.9 Å². The molecule has 1 N–H and O–H groups in total. The van der Waals surface area contributed by atoms with Crippen molar-refractivity contribution >= 4 is 45.8 Å². The fraction of sp³-hybridized carbons (Fsp3) is 0.0714. The van der Waals surface area contributed by atoms with Crippen molar-refractivity contribution < 1.29 is 13.6 Å². The molecule has 0 saturated heterocycles. The molecule has 0 unspecified atom stereocenters. The van der Waals surface area contributed by atoms with Gasteiger partial charge in [-0.2, -0.15) is 0 Å². The third kappa shape index (κ3) is 3.27. The fourth-order valence-electron chi connectivity index (χ4n) is 1.61. The van der Waals surface area contributed by atoms with E-state index in [1.165, 1.54) is 13.0 Å². The molecule has 6 heteroatoms. The van der Waals surface area contributed by atoms with Crippen LogP contribution >= 0.6 is 34.2 Å². The maximum absolute atomic E-state index is 13.6. The van der Waals surface area contributed by atoms with Gasteiger partial charge in [0.2, 0.25) is 0 Å². The van der Waals surface area contributed by atoms with E-state index in [0.29, 0.717) is 16.8 Å². The summed E-state index contributed by atoms with van der Waals surface area (Å²) in [5.74, 6) is -2.27. The van der Waals surface area contributed by atoms with Gasteiger partial charge >= 0.3 is 0 Å². The van der Waals surface area contributed by atoms with Crippen LogP contribution in [0.4, 0.5) is 14.5 Å². The van der Waals surface area contributed by atoms with Crippen molar-refractivity contribution in [1.82, 2.24) is 0 Å². The highest BCUT2D eigenvalue weighted by Crippen LogP contribution is 2.25. The molecule has 0 bridgehead atoms. The van der Waals surface area contributed by atoms with Crippen LogP contribution in [0, 0.1) is 22.1 Å². The number of hydrogen-bond acceptors (Lipinski definition) is 1. The van der Waals surface area contributed by atoms with Crippen LogP contribution in [0.25, 0.3) is 0 Å². The molecule has 0 aromatic heterocycles. The van der Waals surface area contributed by atoms with E-state index in [2.05, 4.69) is 27.9 Å². The first kappa shape index (κ1) is 15.2. The standard InChI is InChI=1S/C14H9ClF2INO/c1-7-4-9(12(17)6-11(7)16)14(20)19-13-3-2-8(18)5-10(13)15/h2-6H,1H3,(H,19,20). The van der Waals surface area contributed by atoms with Crippen molar-refractivity contribution in [3.8, 4) is 0 Å². The van der Waals surface area contributed by atoms with Crippen molar-refractivity contribution in [1.29, 1.82) is 0 Å². The number of amides is 1. The topological polar surface area (TPSA) is 29.1 Å². The Labute approximate surface area is 133 Å². The Bertz CT molecular complexity index is 691. The number of aryl methyl sites for hydroxylation is 1. The van der Waals surface area contributed by atoms with Crippen molar-refractivity contribution in [2.75, 3.05) is 5.32 Å². The van der Waals surface area contributed by atoms with Gasteiger partial charge in [0.15, 0.2) is 0 Å². The Hall–Kier alpha value is -1.21. The Kier molecular flexibility index (Phi) is 4.59. The molecular weight excluding hydrogens is 399 g/mol. The van der Waals surface area contributed by atoms with Gasteiger partial charge in [-0.1, -0.05) is 11.6 Å². The zero-order valence-corrected chi connectivity index (χ0v) is 13.2. The minimum atomic E-state index is -0.910. The molecular formula is C14H9ClF2INO. The van der Waals surface area contributed by atoms with Gasteiger partial charge in [0.05, 0.1) is 16.3 Å². The van der Waals surface area contributed by atoms with Gasteiger partial charge in [0.1, 0.15) is 11.6 Å². The molecule has 0 atom stereocenters. The van der Waals surface area contributed by atoms with E-state index in [4.69, 9.17) is 11.6 Å². The van der Waals surface area contributed by atoms with Crippen LogP contribution in [0.3, 0.4) is 0 Å². The maximum Gasteiger partial charge on any atom is 0.258 e. The summed E-state index contributed by atoms with van der Waals surface area (Å²) in [7, 11) is 0. The number of anilines is 1. The fourth-order valence-corrected chi connectivity index (χ4v) is 2.51. The highest BCUT2D eigenvalue weighted by molar-refractivity contribution is 14.1. The van der Waals surface area contributed by atoms with E-state index >= 15 is 0 Å². The first-order valence-corrected chi connectivity index (χ1v) is 7.06. The van der Waals surface area contributed by atoms with E-state index < -0.39 is 17.5 Å². The SMILES string of the molecule is Cc1cc(C(=O)Nc2ccc(I)cc2Cl)c(F)cc1F. The van der Waals surface area contributed by atoms with E-state index in [-0.39, 0.29) is 11.1 Å². The van der Waals surface area contributed by atoms with Crippen molar-refractivity contribution in [3.63, 3.8) is 0 Å². The summed E-state index contributed by atoms with van der Waals surface area (Å²) in [5, 5.41) is 2.86. The van der Waals surface area contributed by atoms with Crippen LogP contribution in [-0.4, -0.2) is 5.91 Å². The molecule has 1 amide bonds. The molecule has 0 saturated carbocycles. The number of halogens is 4. The maximum atomic E-state index is 13.6. The zero-order chi connectivity index (χ0) is 14.9.